The van der Waals surface area contributed by atoms with E-state index in [9.17, 15) is 4.79 Å². The number of nitrogens with one attached hydrogen (secondary N) is 2. The van der Waals surface area contributed by atoms with Crippen molar-refractivity contribution in [3.63, 3.8) is 0 Å². The van der Waals surface area contributed by atoms with E-state index in [1.165, 1.54) is 6.33 Å². The molecule has 0 unspecified atom stereocenters. The van der Waals surface area contributed by atoms with E-state index >= 15 is 0 Å². The van der Waals surface area contributed by atoms with E-state index in [0.717, 1.165) is 0 Å². The second-order valence-electron chi connectivity index (χ2n) is 2.05. The first-order chi connectivity index (χ1) is 5.27. The average Bonchev–Trinajstić information content (AvgIpc) is 2.34. The van der Waals surface area contributed by atoms with Gasteiger partial charge >= 0.3 is 0 Å². The number of hydrogen-bond acceptors (Lipinski definition) is 4. The SMILES string of the molecule is Nc1nc2nc[nH]c2c(=O)[nH]1.[P]. The quantitative estimate of drug-likeness (QED) is 0.502. The molecule has 0 bridgehead atoms. The molecule has 7 heteroatoms. The number of aromatic nitrogens is 4. The number of rotatable bonds is 0. The van der Waals surface area contributed by atoms with Gasteiger partial charge in [0.25, 0.3) is 5.56 Å². The largest absolute Gasteiger partial charge is 0.369 e. The average molecular weight is 182 g/mol. The summed E-state index contributed by atoms with van der Waals surface area (Å²) in [5.41, 5.74) is 5.65. The molecule has 0 fully saturated rings. The molecule has 61 valence electrons. The third-order valence-corrected chi connectivity index (χ3v) is 1.31. The summed E-state index contributed by atoms with van der Waals surface area (Å²) in [7, 11) is 0. The van der Waals surface area contributed by atoms with Crippen LogP contribution >= 0.6 is 9.90 Å². The fraction of sp³-hybridized carbons (Fsp3) is 0. The van der Waals surface area contributed by atoms with Crippen LogP contribution in [0, 0.1) is 0 Å². The third-order valence-electron chi connectivity index (χ3n) is 1.31. The van der Waals surface area contributed by atoms with E-state index in [4.69, 9.17) is 5.73 Å². The lowest BCUT2D eigenvalue weighted by atomic mass is 10.5. The number of nitrogen functional groups attached to an aromatic ring is 1. The Labute approximate surface area is 70.2 Å². The van der Waals surface area contributed by atoms with Crippen molar-refractivity contribution in [3.8, 4) is 0 Å². The first-order valence-electron chi connectivity index (χ1n) is 2.96. The van der Waals surface area contributed by atoms with Crippen LogP contribution in [0.3, 0.4) is 0 Å². The molecule has 2 aromatic rings. The van der Waals surface area contributed by atoms with Gasteiger partial charge in [-0.2, -0.15) is 4.98 Å². The lowest BCUT2D eigenvalue weighted by molar-refractivity contribution is 1.17. The summed E-state index contributed by atoms with van der Waals surface area (Å²) >= 11 is 0. The third kappa shape index (κ3) is 1.16. The van der Waals surface area contributed by atoms with Crippen molar-refractivity contribution >= 4 is 27.0 Å². The van der Waals surface area contributed by atoms with Crippen molar-refractivity contribution in [2.75, 3.05) is 5.73 Å². The Hall–Kier alpha value is -1.42. The van der Waals surface area contributed by atoms with E-state index in [1.54, 1.807) is 0 Å². The molecule has 0 saturated carbocycles. The zero-order valence-corrected chi connectivity index (χ0v) is 6.80. The highest BCUT2D eigenvalue weighted by Gasteiger charge is 2.01. The van der Waals surface area contributed by atoms with Gasteiger partial charge in [-0.3, -0.25) is 9.78 Å². The molecule has 0 aliphatic heterocycles. The molecule has 12 heavy (non-hydrogen) atoms. The molecule has 2 heterocycles. The minimum absolute atomic E-state index is 0. The van der Waals surface area contributed by atoms with Gasteiger partial charge in [-0.1, -0.05) is 0 Å². The van der Waals surface area contributed by atoms with E-state index in [2.05, 4.69) is 19.9 Å². The molecule has 4 N–H and O–H groups in total. The van der Waals surface area contributed by atoms with Gasteiger partial charge < -0.3 is 10.7 Å². The van der Waals surface area contributed by atoms with Crippen molar-refractivity contribution in [3.05, 3.63) is 16.7 Å². The van der Waals surface area contributed by atoms with E-state index < -0.39 is 0 Å². The van der Waals surface area contributed by atoms with Crippen LogP contribution in [-0.4, -0.2) is 19.9 Å². The first kappa shape index (κ1) is 8.67. The maximum absolute atomic E-state index is 11.0. The standard InChI is InChI=1S/C5H5N5O.P/c6-5-9-3-2(4(11)10-5)7-1-8-3;/h1H,(H4,6,7,8,9,10,11);. The highest BCUT2D eigenvalue weighted by atomic mass is 31.0. The lowest BCUT2D eigenvalue weighted by Crippen LogP contribution is -2.10. The van der Waals surface area contributed by atoms with Crippen LogP contribution in [0.4, 0.5) is 5.95 Å². The normalized spacial score (nSPS) is 9.67. The maximum atomic E-state index is 11.0. The zero-order valence-electron chi connectivity index (χ0n) is 5.90. The molecule has 6 nitrogen and oxygen atoms in total. The van der Waals surface area contributed by atoms with Crippen molar-refractivity contribution in [1.82, 2.24) is 19.9 Å². The van der Waals surface area contributed by atoms with Gasteiger partial charge in [-0.25, -0.2) is 4.98 Å². The van der Waals surface area contributed by atoms with Gasteiger partial charge in [0.05, 0.1) is 6.33 Å². The molecule has 0 aliphatic carbocycles. The maximum Gasteiger partial charge on any atom is 0.278 e. The molecule has 0 aromatic carbocycles. The Morgan fingerprint density at radius 2 is 2.25 bits per heavy atom. The van der Waals surface area contributed by atoms with Crippen molar-refractivity contribution in [2.45, 2.75) is 0 Å². The smallest absolute Gasteiger partial charge is 0.278 e. The minimum atomic E-state index is -0.301. The Kier molecular flexibility index (Phi) is 2.10. The van der Waals surface area contributed by atoms with Crippen LogP contribution in [-0.2, 0) is 0 Å². The molecule has 3 radical (unpaired) electrons. The summed E-state index contributed by atoms with van der Waals surface area (Å²) in [6.07, 6.45) is 1.40. The van der Waals surface area contributed by atoms with E-state index in [0.29, 0.717) is 11.2 Å². The first-order valence-corrected chi connectivity index (χ1v) is 2.96. The zero-order chi connectivity index (χ0) is 7.84. The fourth-order valence-corrected chi connectivity index (χ4v) is 0.860. The Morgan fingerprint density at radius 1 is 1.50 bits per heavy atom. The van der Waals surface area contributed by atoms with Crippen LogP contribution in [0.25, 0.3) is 11.2 Å². The summed E-state index contributed by atoms with van der Waals surface area (Å²) in [6, 6.07) is 0. The summed E-state index contributed by atoms with van der Waals surface area (Å²) in [5, 5.41) is 0. The second kappa shape index (κ2) is 2.91. The highest BCUT2D eigenvalue weighted by Crippen LogP contribution is 1.98. The van der Waals surface area contributed by atoms with E-state index in [1.807, 2.05) is 0 Å². The number of imidazole rings is 1. The molecule has 0 spiro atoms. The molecule has 0 atom stereocenters. The fourth-order valence-electron chi connectivity index (χ4n) is 0.860. The van der Waals surface area contributed by atoms with Crippen LogP contribution in [0.5, 0.6) is 0 Å². The second-order valence-corrected chi connectivity index (χ2v) is 2.05. The van der Waals surface area contributed by atoms with Crippen LogP contribution in [0.1, 0.15) is 0 Å². The van der Waals surface area contributed by atoms with Crippen LogP contribution < -0.4 is 11.3 Å². The molecular formula is C5H5N5OP. The number of anilines is 1. The predicted molar refractivity (Wildman–Crippen MR) is 45.8 cm³/mol. The molecule has 0 amide bonds. The van der Waals surface area contributed by atoms with Gasteiger partial charge in [0.15, 0.2) is 11.2 Å². The number of hydrogen-bond donors (Lipinski definition) is 3. The van der Waals surface area contributed by atoms with Gasteiger partial charge in [-0.05, 0) is 0 Å². The summed E-state index contributed by atoms with van der Waals surface area (Å²) < 4.78 is 0. The van der Waals surface area contributed by atoms with Crippen LogP contribution in [0.15, 0.2) is 11.1 Å². The van der Waals surface area contributed by atoms with Crippen molar-refractivity contribution in [1.29, 1.82) is 0 Å². The molecule has 2 aromatic heterocycles. The van der Waals surface area contributed by atoms with Crippen LogP contribution in [0.2, 0.25) is 0 Å². The van der Waals surface area contributed by atoms with Gasteiger partial charge in [0, 0.05) is 9.90 Å². The number of fused-ring (bicyclic) bond motifs is 1. The minimum Gasteiger partial charge on any atom is -0.369 e. The van der Waals surface area contributed by atoms with Crippen molar-refractivity contribution in [2.24, 2.45) is 0 Å². The molecule has 0 saturated heterocycles. The molecule has 0 aliphatic rings. The van der Waals surface area contributed by atoms with Gasteiger partial charge in [-0.15, -0.1) is 0 Å². The monoisotopic (exact) mass is 182 g/mol. The number of aromatic amines is 2. The molecule has 2 rings (SSSR count). The number of H-pyrrole nitrogens is 2. The number of nitrogens with zero attached hydrogens (tertiary/aromatic N) is 2. The van der Waals surface area contributed by atoms with E-state index in [-0.39, 0.29) is 21.4 Å². The molecular weight excluding hydrogens is 177 g/mol. The summed E-state index contributed by atoms with van der Waals surface area (Å²) in [5.74, 6) is 0.0783. The highest BCUT2D eigenvalue weighted by molar-refractivity contribution is 6.92. The Balaban J connectivity index is 0.000000720. The summed E-state index contributed by atoms with van der Waals surface area (Å²) in [4.78, 5) is 23.5. The predicted octanol–water partition coefficient (Wildman–Crippen LogP) is 0.0896. The lowest BCUT2D eigenvalue weighted by Gasteiger charge is -1.89. The topological polar surface area (TPSA) is 100 Å². The summed E-state index contributed by atoms with van der Waals surface area (Å²) in [6.45, 7) is 0. The van der Waals surface area contributed by atoms with Crippen molar-refractivity contribution < 1.29 is 0 Å². The Bertz CT molecular complexity index is 446. The number of nitrogens with two attached hydrogens (primary N) is 1. The van der Waals surface area contributed by atoms with Gasteiger partial charge in [0.1, 0.15) is 0 Å². The Morgan fingerprint density at radius 3 is 3.00 bits per heavy atom. The van der Waals surface area contributed by atoms with Gasteiger partial charge in [0.2, 0.25) is 5.95 Å².